The number of carboxylic acids is 1. The van der Waals surface area contributed by atoms with E-state index in [0.29, 0.717) is 12.0 Å². The first-order chi connectivity index (χ1) is 16.6. The van der Waals surface area contributed by atoms with Gasteiger partial charge in [0.1, 0.15) is 5.69 Å². The number of hydrogen-bond acceptors (Lipinski definition) is 7. The molecule has 3 fully saturated rings. The summed E-state index contributed by atoms with van der Waals surface area (Å²) < 4.78 is 5.74. The van der Waals surface area contributed by atoms with Gasteiger partial charge < -0.3 is 19.8 Å². The van der Waals surface area contributed by atoms with Crippen molar-refractivity contribution in [3.8, 4) is 0 Å². The van der Waals surface area contributed by atoms with Crippen molar-refractivity contribution in [1.82, 2.24) is 20.4 Å². The van der Waals surface area contributed by atoms with Gasteiger partial charge in [-0.2, -0.15) is 4.98 Å². The molecule has 1 aliphatic heterocycles. The van der Waals surface area contributed by atoms with E-state index in [4.69, 9.17) is 14.6 Å². The van der Waals surface area contributed by atoms with E-state index < -0.39 is 5.97 Å². The fourth-order valence-electron chi connectivity index (χ4n) is 5.15. The van der Waals surface area contributed by atoms with Crippen LogP contribution in [0.5, 0.6) is 0 Å². The van der Waals surface area contributed by atoms with E-state index in [2.05, 4.69) is 50.7 Å². The number of anilines is 1. The highest BCUT2D eigenvalue weighted by Crippen LogP contribution is 2.48. The summed E-state index contributed by atoms with van der Waals surface area (Å²) >= 11 is 0. The summed E-state index contributed by atoms with van der Waals surface area (Å²) in [7, 11) is 0. The Bertz CT molecular complexity index is 1150. The highest BCUT2D eigenvalue weighted by molar-refractivity contribution is 5.85. The molecule has 34 heavy (non-hydrogen) atoms. The average molecular weight is 460 g/mol. The summed E-state index contributed by atoms with van der Waals surface area (Å²) in [6.45, 7) is 2.62. The molecular weight excluding hydrogens is 430 g/mol. The van der Waals surface area contributed by atoms with E-state index in [1.54, 1.807) is 12.3 Å². The number of carboxylic acid groups (broad SMARTS) is 1. The molecule has 176 valence electrons. The van der Waals surface area contributed by atoms with E-state index in [0.717, 1.165) is 62.7 Å². The maximum atomic E-state index is 11.0. The third-order valence-corrected chi connectivity index (χ3v) is 7.67. The Labute approximate surface area is 198 Å². The summed E-state index contributed by atoms with van der Waals surface area (Å²) in [6.07, 6.45) is 6.91. The zero-order chi connectivity index (χ0) is 23.1. The van der Waals surface area contributed by atoms with Crippen molar-refractivity contribution >= 4 is 11.7 Å². The summed E-state index contributed by atoms with van der Waals surface area (Å²) in [4.78, 5) is 22.1. The normalized spacial score (nSPS) is 23.6. The molecule has 3 aliphatic rings. The number of rotatable bonds is 8. The molecule has 0 bridgehead atoms. The Morgan fingerprint density at radius 3 is 2.62 bits per heavy atom. The minimum absolute atomic E-state index is 0.0316. The average Bonchev–Trinajstić information content (AvgIpc) is 3.80. The van der Waals surface area contributed by atoms with Crippen LogP contribution >= 0.6 is 0 Å². The number of nitrogens with one attached hydrogen (secondary N) is 1. The zero-order valence-corrected chi connectivity index (χ0v) is 19.1. The van der Waals surface area contributed by atoms with Gasteiger partial charge in [-0.05, 0) is 49.8 Å². The maximum absolute atomic E-state index is 11.0. The molecule has 1 aromatic carbocycles. The smallest absolute Gasteiger partial charge is 0.354 e. The van der Waals surface area contributed by atoms with Crippen molar-refractivity contribution < 1.29 is 14.4 Å². The lowest BCUT2D eigenvalue weighted by molar-refractivity contribution is 0.0690. The fraction of sp³-hybridized carbons (Fsp3) is 0.462. The summed E-state index contributed by atoms with van der Waals surface area (Å²) in [5, 5.41) is 17.2. The van der Waals surface area contributed by atoms with Gasteiger partial charge in [0.15, 0.2) is 5.82 Å². The van der Waals surface area contributed by atoms with Gasteiger partial charge in [0, 0.05) is 42.9 Å². The SMILES string of the molecule is O=C(O)c1ccc(N2CCC(c3nc(C4(CNC5CC5c5ccccc5)CC4)no3)CC2)cn1. The predicted molar refractivity (Wildman–Crippen MR) is 126 cm³/mol. The van der Waals surface area contributed by atoms with E-state index in [1.165, 1.54) is 12.0 Å². The molecule has 8 nitrogen and oxygen atoms in total. The first-order valence-corrected chi connectivity index (χ1v) is 12.2. The van der Waals surface area contributed by atoms with E-state index in [-0.39, 0.29) is 17.0 Å². The third kappa shape index (κ3) is 4.18. The van der Waals surface area contributed by atoms with E-state index in [1.807, 2.05) is 6.07 Å². The number of aromatic carboxylic acids is 1. The maximum Gasteiger partial charge on any atom is 0.354 e. The Morgan fingerprint density at radius 2 is 1.94 bits per heavy atom. The van der Waals surface area contributed by atoms with Gasteiger partial charge in [0.2, 0.25) is 5.89 Å². The Morgan fingerprint density at radius 1 is 1.15 bits per heavy atom. The van der Waals surface area contributed by atoms with Crippen LogP contribution in [0.4, 0.5) is 5.69 Å². The molecule has 0 amide bonds. The second-order valence-electron chi connectivity index (χ2n) is 9.94. The molecule has 2 N–H and O–H groups in total. The minimum Gasteiger partial charge on any atom is -0.477 e. The molecular formula is C26H29N5O3. The van der Waals surface area contributed by atoms with Crippen LogP contribution < -0.4 is 10.2 Å². The first-order valence-electron chi connectivity index (χ1n) is 12.2. The molecule has 1 saturated heterocycles. The van der Waals surface area contributed by atoms with Crippen molar-refractivity contribution in [1.29, 1.82) is 0 Å². The molecule has 2 saturated carbocycles. The van der Waals surface area contributed by atoms with Crippen LogP contribution in [0.25, 0.3) is 0 Å². The van der Waals surface area contributed by atoms with Gasteiger partial charge in [-0.3, -0.25) is 0 Å². The molecule has 0 radical (unpaired) electrons. The quantitative estimate of drug-likeness (QED) is 0.525. The molecule has 3 heterocycles. The number of carbonyl (C=O) groups is 1. The van der Waals surface area contributed by atoms with Gasteiger partial charge in [-0.25, -0.2) is 9.78 Å². The standard InChI is InChI=1S/C26H29N5O3/c32-24(33)21-7-6-19(15-27-21)31-12-8-18(9-13-31)23-29-25(30-34-23)26(10-11-26)16-28-22-14-20(22)17-4-2-1-3-5-17/h1-7,15,18,20,22,28H,8-14,16H2,(H,32,33). The lowest BCUT2D eigenvalue weighted by Gasteiger charge is -2.31. The molecule has 2 aromatic heterocycles. The van der Waals surface area contributed by atoms with Crippen molar-refractivity contribution in [3.63, 3.8) is 0 Å². The largest absolute Gasteiger partial charge is 0.477 e. The molecule has 8 heteroatoms. The highest BCUT2D eigenvalue weighted by atomic mass is 16.5. The number of nitrogens with zero attached hydrogens (tertiary/aromatic N) is 4. The minimum atomic E-state index is -1.01. The predicted octanol–water partition coefficient (Wildman–Crippen LogP) is 3.72. The molecule has 2 atom stereocenters. The molecule has 0 spiro atoms. The Hall–Kier alpha value is -3.26. The van der Waals surface area contributed by atoms with Crippen LogP contribution in [0, 0.1) is 0 Å². The van der Waals surface area contributed by atoms with Crippen LogP contribution in [0.2, 0.25) is 0 Å². The van der Waals surface area contributed by atoms with E-state index in [9.17, 15) is 4.79 Å². The fourth-order valence-corrected chi connectivity index (χ4v) is 5.15. The monoisotopic (exact) mass is 459 g/mol. The Balaban J connectivity index is 1.03. The van der Waals surface area contributed by atoms with Gasteiger partial charge in [-0.1, -0.05) is 35.5 Å². The topological polar surface area (TPSA) is 104 Å². The van der Waals surface area contributed by atoms with Gasteiger partial charge >= 0.3 is 5.97 Å². The number of piperidine rings is 1. The number of aromatic nitrogens is 3. The van der Waals surface area contributed by atoms with Gasteiger partial charge in [-0.15, -0.1) is 0 Å². The zero-order valence-electron chi connectivity index (χ0n) is 19.1. The number of benzene rings is 1. The van der Waals surface area contributed by atoms with Gasteiger partial charge in [0.05, 0.1) is 11.9 Å². The highest BCUT2D eigenvalue weighted by Gasteiger charge is 2.50. The van der Waals surface area contributed by atoms with Crippen LogP contribution in [0.1, 0.15) is 71.7 Å². The van der Waals surface area contributed by atoms with Crippen LogP contribution in [0.3, 0.4) is 0 Å². The summed E-state index contributed by atoms with van der Waals surface area (Å²) in [6, 6.07) is 14.7. The van der Waals surface area contributed by atoms with Crippen LogP contribution in [0.15, 0.2) is 53.2 Å². The number of pyridine rings is 1. The number of hydrogen-bond donors (Lipinski definition) is 2. The summed E-state index contributed by atoms with van der Waals surface area (Å²) in [5.41, 5.74) is 2.47. The third-order valence-electron chi connectivity index (χ3n) is 7.67. The lowest BCUT2D eigenvalue weighted by atomic mass is 9.96. The second kappa shape index (κ2) is 8.51. The first kappa shape index (κ1) is 21.3. The lowest BCUT2D eigenvalue weighted by Crippen LogP contribution is -2.33. The van der Waals surface area contributed by atoms with Crippen LogP contribution in [-0.2, 0) is 5.41 Å². The molecule has 2 unspecified atom stereocenters. The summed E-state index contributed by atoms with van der Waals surface area (Å²) in [5.74, 6) is 1.50. The van der Waals surface area contributed by atoms with Crippen molar-refractivity contribution in [3.05, 3.63) is 71.6 Å². The van der Waals surface area contributed by atoms with Crippen LogP contribution in [-0.4, -0.2) is 51.9 Å². The van der Waals surface area contributed by atoms with E-state index >= 15 is 0 Å². The molecule has 3 aromatic rings. The van der Waals surface area contributed by atoms with Gasteiger partial charge in [0.25, 0.3) is 0 Å². The molecule has 2 aliphatic carbocycles. The van der Waals surface area contributed by atoms with Crippen molar-refractivity contribution in [2.75, 3.05) is 24.5 Å². The van der Waals surface area contributed by atoms with Crippen molar-refractivity contribution in [2.45, 2.75) is 55.4 Å². The Kier molecular flexibility index (Phi) is 5.32. The molecule has 6 rings (SSSR count). The van der Waals surface area contributed by atoms with Crippen molar-refractivity contribution in [2.24, 2.45) is 0 Å². The second-order valence-corrected chi connectivity index (χ2v) is 9.94.